The molecule has 0 saturated carbocycles. The Kier molecular flexibility index (Phi) is 4.26. The first-order valence-corrected chi connectivity index (χ1v) is 8.61. The summed E-state index contributed by atoms with van der Waals surface area (Å²) in [5.41, 5.74) is 4.00. The van der Waals surface area contributed by atoms with Gasteiger partial charge in [0.1, 0.15) is 0 Å². The fourth-order valence-electron chi connectivity index (χ4n) is 2.49. The van der Waals surface area contributed by atoms with Crippen molar-refractivity contribution in [1.29, 1.82) is 0 Å². The highest BCUT2D eigenvalue weighted by Gasteiger charge is 2.14. The second-order valence-corrected chi connectivity index (χ2v) is 7.53. The zero-order valence-electron chi connectivity index (χ0n) is 13.8. The molecule has 0 aliphatic rings. The van der Waals surface area contributed by atoms with Crippen LogP contribution in [0.5, 0.6) is 0 Å². The van der Waals surface area contributed by atoms with Gasteiger partial charge in [0.2, 0.25) is 0 Å². The lowest BCUT2D eigenvalue weighted by molar-refractivity contribution is 0.814. The van der Waals surface area contributed by atoms with E-state index in [1.165, 1.54) is 11.1 Å². The van der Waals surface area contributed by atoms with Gasteiger partial charge in [-0.05, 0) is 49.2 Å². The Balaban J connectivity index is 2.34. The van der Waals surface area contributed by atoms with Gasteiger partial charge in [-0.2, -0.15) is 0 Å². The minimum atomic E-state index is -0.0120. The minimum absolute atomic E-state index is 0.0120. The number of aromatic nitrogens is 2. The summed E-state index contributed by atoms with van der Waals surface area (Å²) < 4.78 is 1.74. The summed E-state index contributed by atoms with van der Waals surface area (Å²) in [6.45, 7) is 8.35. The van der Waals surface area contributed by atoms with Gasteiger partial charge in [-0.15, -0.1) is 0 Å². The first-order valence-electron chi connectivity index (χ1n) is 7.73. The molecular weight excluding hydrogens is 304 g/mol. The van der Waals surface area contributed by atoms with Crippen molar-refractivity contribution >= 4 is 22.7 Å². The third kappa shape index (κ3) is 3.04. The zero-order valence-corrected chi connectivity index (χ0v) is 14.6. The van der Waals surface area contributed by atoms with E-state index >= 15 is 0 Å². The molecule has 0 saturated heterocycles. The minimum Gasteiger partial charge on any atom is -0.268 e. The van der Waals surface area contributed by atoms with Crippen molar-refractivity contribution in [3.05, 3.63) is 63.9 Å². The fraction of sp³-hybridized carbons (Fsp3) is 0.263. The van der Waals surface area contributed by atoms with E-state index in [4.69, 9.17) is 4.98 Å². The SMILES string of the molecule is Cc1ccc(-n2c(SC(C)C)nc3ccccc3c2=O)cc1C. The van der Waals surface area contributed by atoms with Crippen LogP contribution in [0.4, 0.5) is 0 Å². The van der Waals surface area contributed by atoms with Crippen molar-refractivity contribution in [2.24, 2.45) is 0 Å². The van der Waals surface area contributed by atoms with Gasteiger partial charge in [0, 0.05) is 5.25 Å². The molecule has 0 spiro atoms. The molecular formula is C19H20N2OS. The van der Waals surface area contributed by atoms with Crippen LogP contribution in [0.3, 0.4) is 0 Å². The van der Waals surface area contributed by atoms with Gasteiger partial charge >= 0.3 is 0 Å². The summed E-state index contributed by atoms with van der Waals surface area (Å²) in [7, 11) is 0. The molecule has 3 nitrogen and oxygen atoms in total. The molecule has 0 N–H and O–H groups in total. The van der Waals surface area contributed by atoms with Crippen LogP contribution >= 0.6 is 11.8 Å². The molecule has 3 aromatic rings. The molecule has 0 radical (unpaired) electrons. The van der Waals surface area contributed by atoms with E-state index in [1.54, 1.807) is 16.3 Å². The van der Waals surface area contributed by atoms with E-state index in [0.717, 1.165) is 16.4 Å². The molecule has 0 amide bonds. The van der Waals surface area contributed by atoms with Crippen LogP contribution < -0.4 is 5.56 Å². The van der Waals surface area contributed by atoms with Gasteiger partial charge in [0.25, 0.3) is 5.56 Å². The Hall–Kier alpha value is -2.07. The lowest BCUT2D eigenvalue weighted by Crippen LogP contribution is -2.22. The molecule has 4 heteroatoms. The molecule has 3 rings (SSSR count). The van der Waals surface area contributed by atoms with Crippen molar-refractivity contribution in [2.75, 3.05) is 0 Å². The highest BCUT2D eigenvalue weighted by molar-refractivity contribution is 7.99. The number of hydrogen-bond donors (Lipinski definition) is 0. The quantitative estimate of drug-likeness (QED) is 0.525. The number of rotatable bonds is 3. The molecule has 1 heterocycles. The smallest absolute Gasteiger partial charge is 0.266 e. The molecule has 0 atom stereocenters. The summed E-state index contributed by atoms with van der Waals surface area (Å²) in [4.78, 5) is 17.8. The maximum Gasteiger partial charge on any atom is 0.266 e. The lowest BCUT2D eigenvalue weighted by atomic mass is 10.1. The highest BCUT2D eigenvalue weighted by Crippen LogP contribution is 2.25. The number of hydrogen-bond acceptors (Lipinski definition) is 3. The van der Waals surface area contributed by atoms with E-state index in [1.807, 2.05) is 30.3 Å². The second-order valence-electron chi connectivity index (χ2n) is 5.99. The number of thioether (sulfide) groups is 1. The van der Waals surface area contributed by atoms with Crippen molar-refractivity contribution in [2.45, 2.75) is 38.1 Å². The van der Waals surface area contributed by atoms with Crippen molar-refractivity contribution < 1.29 is 0 Å². The number of benzene rings is 2. The molecule has 118 valence electrons. The average molecular weight is 324 g/mol. The maximum atomic E-state index is 13.0. The topological polar surface area (TPSA) is 34.9 Å². The molecule has 0 fully saturated rings. The van der Waals surface area contributed by atoms with Crippen LogP contribution in [0.25, 0.3) is 16.6 Å². The normalized spacial score (nSPS) is 11.3. The number of nitrogens with zero attached hydrogens (tertiary/aromatic N) is 2. The van der Waals surface area contributed by atoms with E-state index in [2.05, 4.69) is 39.8 Å². The van der Waals surface area contributed by atoms with Crippen LogP contribution in [-0.2, 0) is 0 Å². The molecule has 0 aliphatic carbocycles. The van der Waals surface area contributed by atoms with Gasteiger partial charge in [-0.3, -0.25) is 9.36 Å². The van der Waals surface area contributed by atoms with Gasteiger partial charge in [-0.25, -0.2) is 4.98 Å². The van der Waals surface area contributed by atoms with Crippen molar-refractivity contribution in [3.8, 4) is 5.69 Å². The Bertz CT molecular complexity index is 928. The van der Waals surface area contributed by atoms with Gasteiger partial charge in [0.05, 0.1) is 16.6 Å². The Morgan fingerprint density at radius 2 is 1.78 bits per heavy atom. The third-order valence-electron chi connectivity index (χ3n) is 3.83. The Labute approximate surface area is 140 Å². The summed E-state index contributed by atoms with van der Waals surface area (Å²) in [6, 6.07) is 13.6. The summed E-state index contributed by atoms with van der Waals surface area (Å²) in [5.74, 6) is 0. The van der Waals surface area contributed by atoms with Gasteiger partial charge < -0.3 is 0 Å². The predicted octanol–water partition coefficient (Wildman–Crippen LogP) is 4.50. The van der Waals surface area contributed by atoms with Crippen molar-refractivity contribution in [1.82, 2.24) is 9.55 Å². The largest absolute Gasteiger partial charge is 0.268 e. The summed E-state index contributed by atoms with van der Waals surface area (Å²) >= 11 is 1.61. The maximum absolute atomic E-state index is 13.0. The van der Waals surface area contributed by atoms with Gasteiger partial charge in [0.15, 0.2) is 5.16 Å². The Morgan fingerprint density at radius 1 is 1.04 bits per heavy atom. The third-order valence-corrected chi connectivity index (χ3v) is 4.79. The molecule has 1 aromatic heterocycles. The zero-order chi connectivity index (χ0) is 16.6. The fourth-order valence-corrected chi connectivity index (χ4v) is 3.36. The van der Waals surface area contributed by atoms with E-state index in [9.17, 15) is 4.79 Å². The van der Waals surface area contributed by atoms with Crippen LogP contribution in [0.1, 0.15) is 25.0 Å². The van der Waals surface area contributed by atoms with Crippen LogP contribution in [0.2, 0.25) is 0 Å². The standard InChI is InChI=1S/C19H20N2OS/c1-12(2)23-19-20-17-8-6-5-7-16(17)18(22)21(19)15-10-9-13(3)14(4)11-15/h5-12H,1-4H3. The molecule has 0 unspecified atom stereocenters. The van der Waals surface area contributed by atoms with Crippen LogP contribution in [0, 0.1) is 13.8 Å². The number of fused-ring (bicyclic) bond motifs is 1. The molecule has 0 aliphatic heterocycles. The molecule has 0 bridgehead atoms. The predicted molar refractivity (Wildman–Crippen MR) is 97.8 cm³/mol. The van der Waals surface area contributed by atoms with Gasteiger partial charge in [-0.1, -0.05) is 43.8 Å². The summed E-state index contributed by atoms with van der Waals surface area (Å²) in [5, 5.41) is 1.74. The number of aryl methyl sites for hydroxylation is 2. The van der Waals surface area contributed by atoms with E-state index in [-0.39, 0.29) is 5.56 Å². The summed E-state index contributed by atoms with van der Waals surface area (Å²) in [6.07, 6.45) is 0. The van der Waals surface area contributed by atoms with E-state index < -0.39 is 0 Å². The van der Waals surface area contributed by atoms with Crippen LogP contribution in [-0.4, -0.2) is 14.8 Å². The lowest BCUT2D eigenvalue weighted by Gasteiger charge is -2.15. The average Bonchev–Trinajstić information content (AvgIpc) is 2.50. The highest BCUT2D eigenvalue weighted by atomic mass is 32.2. The second kappa shape index (κ2) is 6.20. The van der Waals surface area contributed by atoms with Crippen molar-refractivity contribution in [3.63, 3.8) is 0 Å². The molecule has 2 aromatic carbocycles. The molecule has 23 heavy (non-hydrogen) atoms. The first-order chi connectivity index (χ1) is 11.0. The van der Waals surface area contributed by atoms with Crippen LogP contribution in [0.15, 0.2) is 52.4 Å². The monoisotopic (exact) mass is 324 g/mol. The Morgan fingerprint density at radius 3 is 2.48 bits per heavy atom. The van der Waals surface area contributed by atoms with E-state index in [0.29, 0.717) is 10.6 Å². The first kappa shape index (κ1) is 15.8. The number of para-hydroxylation sites is 1.